The van der Waals surface area contributed by atoms with Crippen LogP contribution in [0.15, 0.2) is 42.5 Å². The monoisotopic (exact) mass is 412 g/mol. The van der Waals surface area contributed by atoms with Crippen LogP contribution >= 0.6 is 0 Å². The maximum atomic E-state index is 12.6. The van der Waals surface area contributed by atoms with Crippen LogP contribution < -0.4 is 10.1 Å². The van der Waals surface area contributed by atoms with E-state index in [0.717, 1.165) is 30.3 Å². The fraction of sp³-hybridized carbons (Fsp3) is 0.222. The van der Waals surface area contributed by atoms with E-state index in [1.807, 2.05) is 0 Å². The van der Waals surface area contributed by atoms with Gasteiger partial charge in [0.15, 0.2) is 6.10 Å². The van der Waals surface area contributed by atoms with Crippen LogP contribution in [-0.4, -0.2) is 30.0 Å². The Morgan fingerprint density at radius 3 is 2.28 bits per heavy atom. The molecular weight excluding hydrogens is 397 g/mol. The predicted molar refractivity (Wildman–Crippen MR) is 94.6 cm³/mol. The molecule has 0 saturated carbocycles. The van der Waals surface area contributed by atoms with Crippen LogP contribution in [0.2, 0.25) is 0 Å². The third-order valence-electron chi connectivity index (χ3n) is 3.75. The van der Waals surface area contributed by atoms with Gasteiger partial charge in [-0.05, 0) is 37.3 Å². The minimum Gasteiger partial charge on any atom is -0.495 e. The SMILES string of the molecule is COc1ccc([N+](=O)[O-])cc1NC(=O)C(C)OC(=O)c1ccc(C(F)(F)F)cc1. The number of benzene rings is 2. The summed E-state index contributed by atoms with van der Waals surface area (Å²) in [7, 11) is 1.30. The molecule has 2 rings (SSSR count). The Hall–Kier alpha value is -3.63. The van der Waals surface area contributed by atoms with Gasteiger partial charge in [-0.25, -0.2) is 4.79 Å². The summed E-state index contributed by atoms with van der Waals surface area (Å²) in [4.78, 5) is 34.5. The predicted octanol–water partition coefficient (Wildman–Crippen LogP) is 3.81. The lowest BCUT2D eigenvalue weighted by molar-refractivity contribution is -0.384. The molecule has 0 aliphatic rings. The summed E-state index contributed by atoms with van der Waals surface area (Å²) in [6, 6.07) is 6.83. The molecule has 2 aromatic carbocycles. The molecule has 8 nitrogen and oxygen atoms in total. The number of halogens is 3. The molecule has 0 spiro atoms. The number of hydrogen-bond acceptors (Lipinski definition) is 6. The average Bonchev–Trinajstić information content (AvgIpc) is 2.67. The van der Waals surface area contributed by atoms with Crippen molar-refractivity contribution in [1.82, 2.24) is 0 Å². The molecule has 0 aromatic heterocycles. The second-order valence-corrected chi connectivity index (χ2v) is 5.75. The Kier molecular flexibility index (Phi) is 6.42. The van der Waals surface area contributed by atoms with E-state index >= 15 is 0 Å². The lowest BCUT2D eigenvalue weighted by Crippen LogP contribution is -2.30. The standard InChI is InChI=1S/C18H15F3N2O6/c1-10(29-17(25)11-3-5-12(6-4-11)18(19,20)21)16(24)22-14-9-13(23(26)27)7-8-15(14)28-2/h3-10H,1-2H3,(H,22,24). The van der Waals surface area contributed by atoms with Gasteiger partial charge in [-0.15, -0.1) is 0 Å². The van der Waals surface area contributed by atoms with Crippen LogP contribution in [0, 0.1) is 10.1 Å². The van der Waals surface area contributed by atoms with Crippen molar-refractivity contribution in [3.05, 3.63) is 63.7 Å². The first-order chi connectivity index (χ1) is 13.5. The Morgan fingerprint density at radius 1 is 1.14 bits per heavy atom. The van der Waals surface area contributed by atoms with Crippen molar-refractivity contribution < 1.29 is 37.2 Å². The number of nitrogens with zero attached hydrogens (tertiary/aromatic N) is 1. The topological polar surface area (TPSA) is 108 Å². The number of non-ortho nitro benzene ring substituents is 1. The van der Waals surface area contributed by atoms with Gasteiger partial charge in [-0.2, -0.15) is 13.2 Å². The van der Waals surface area contributed by atoms with Crippen molar-refractivity contribution in [2.24, 2.45) is 0 Å². The van der Waals surface area contributed by atoms with Crippen LogP contribution in [0.25, 0.3) is 0 Å². The Morgan fingerprint density at radius 2 is 1.76 bits per heavy atom. The summed E-state index contributed by atoms with van der Waals surface area (Å²) in [5, 5.41) is 13.2. The molecule has 11 heteroatoms. The molecule has 0 heterocycles. The minimum atomic E-state index is -4.55. The highest BCUT2D eigenvalue weighted by atomic mass is 19.4. The van der Waals surface area contributed by atoms with E-state index < -0.39 is 34.6 Å². The number of alkyl halides is 3. The second-order valence-electron chi connectivity index (χ2n) is 5.75. The molecule has 0 bridgehead atoms. The number of methoxy groups -OCH3 is 1. The summed E-state index contributed by atoms with van der Waals surface area (Å²) in [5.74, 6) is -1.68. The van der Waals surface area contributed by atoms with E-state index in [2.05, 4.69) is 5.32 Å². The number of ether oxygens (including phenoxy) is 2. The maximum absolute atomic E-state index is 12.6. The lowest BCUT2D eigenvalue weighted by Gasteiger charge is -2.15. The zero-order valence-corrected chi connectivity index (χ0v) is 15.1. The first kappa shape index (κ1) is 21.7. The molecule has 0 radical (unpaired) electrons. The van der Waals surface area contributed by atoms with Crippen molar-refractivity contribution >= 4 is 23.3 Å². The van der Waals surface area contributed by atoms with Crippen molar-refractivity contribution in [1.29, 1.82) is 0 Å². The largest absolute Gasteiger partial charge is 0.495 e. The molecule has 1 atom stereocenters. The van der Waals surface area contributed by atoms with E-state index in [-0.39, 0.29) is 22.7 Å². The quantitative estimate of drug-likeness (QED) is 0.439. The number of esters is 1. The normalized spacial score (nSPS) is 12.0. The van der Waals surface area contributed by atoms with Crippen molar-refractivity contribution in [2.45, 2.75) is 19.2 Å². The zero-order valence-electron chi connectivity index (χ0n) is 15.1. The number of nitro benzene ring substituents is 1. The maximum Gasteiger partial charge on any atom is 0.416 e. The number of carbonyl (C=O) groups excluding carboxylic acids is 2. The fourth-order valence-electron chi connectivity index (χ4n) is 2.22. The zero-order chi connectivity index (χ0) is 21.8. The van der Waals surface area contributed by atoms with E-state index in [1.165, 1.54) is 26.2 Å². The molecule has 0 fully saturated rings. The van der Waals surface area contributed by atoms with Gasteiger partial charge in [0.25, 0.3) is 11.6 Å². The Balaban J connectivity index is 2.08. The first-order valence-electron chi connectivity index (χ1n) is 8.04. The number of nitrogens with one attached hydrogen (secondary N) is 1. The van der Waals surface area contributed by atoms with E-state index in [9.17, 15) is 32.9 Å². The highest BCUT2D eigenvalue weighted by molar-refractivity contribution is 5.98. The van der Waals surface area contributed by atoms with Crippen molar-refractivity contribution in [3.8, 4) is 5.75 Å². The van der Waals surface area contributed by atoms with Gasteiger partial charge in [0.1, 0.15) is 5.75 Å². The van der Waals surface area contributed by atoms with Gasteiger partial charge >= 0.3 is 12.1 Å². The van der Waals surface area contributed by atoms with Gasteiger partial charge in [0.05, 0.1) is 28.8 Å². The molecule has 1 N–H and O–H groups in total. The van der Waals surface area contributed by atoms with Gasteiger partial charge < -0.3 is 14.8 Å². The highest BCUT2D eigenvalue weighted by Gasteiger charge is 2.30. The summed E-state index contributed by atoms with van der Waals surface area (Å²) in [6.45, 7) is 1.24. The summed E-state index contributed by atoms with van der Waals surface area (Å²) in [5.41, 5.74) is -1.41. The van der Waals surface area contributed by atoms with Crippen molar-refractivity contribution in [3.63, 3.8) is 0 Å². The lowest BCUT2D eigenvalue weighted by atomic mass is 10.1. The Labute approximate surface area is 162 Å². The number of nitro groups is 1. The molecule has 0 aliphatic heterocycles. The second kappa shape index (κ2) is 8.59. The van der Waals surface area contributed by atoms with E-state index in [0.29, 0.717) is 0 Å². The molecule has 154 valence electrons. The molecule has 1 unspecified atom stereocenters. The minimum absolute atomic E-state index is 0.0101. The molecule has 29 heavy (non-hydrogen) atoms. The highest BCUT2D eigenvalue weighted by Crippen LogP contribution is 2.30. The molecule has 2 aromatic rings. The number of carbonyl (C=O) groups is 2. The number of amides is 1. The summed E-state index contributed by atoms with van der Waals surface area (Å²) < 4.78 is 47.6. The van der Waals surface area contributed by atoms with Crippen LogP contribution in [0.3, 0.4) is 0 Å². The van der Waals surface area contributed by atoms with Crippen LogP contribution in [0.1, 0.15) is 22.8 Å². The summed E-state index contributed by atoms with van der Waals surface area (Å²) in [6.07, 6.45) is -5.89. The molecule has 1 amide bonds. The van der Waals surface area contributed by atoms with Gasteiger partial charge in [-0.1, -0.05) is 0 Å². The first-order valence-corrected chi connectivity index (χ1v) is 8.04. The smallest absolute Gasteiger partial charge is 0.416 e. The Bertz CT molecular complexity index is 928. The number of anilines is 1. The van der Waals surface area contributed by atoms with E-state index in [4.69, 9.17) is 9.47 Å². The van der Waals surface area contributed by atoms with Crippen LogP contribution in [0.4, 0.5) is 24.5 Å². The molecular formula is C18H15F3N2O6. The number of rotatable bonds is 6. The van der Waals surface area contributed by atoms with Crippen LogP contribution in [-0.2, 0) is 15.7 Å². The van der Waals surface area contributed by atoms with Gasteiger partial charge in [-0.3, -0.25) is 14.9 Å². The van der Waals surface area contributed by atoms with Gasteiger partial charge in [0, 0.05) is 12.1 Å². The third-order valence-corrected chi connectivity index (χ3v) is 3.75. The average molecular weight is 412 g/mol. The number of hydrogen-bond donors (Lipinski definition) is 1. The van der Waals surface area contributed by atoms with E-state index in [1.54, 1.807) is 0 Å². The summed E-state index contributed by atoms with van der Waals surface area (Å²) >= 11 is 0. The van der Waals surface area contributed by atoms with Crippen molar-refractivity contribution in [2.75, 3.05) is 12.4 Å². The fourth-order valence-corrected chi connectivity index (χ4v) is 2.22. The molecule has 0 saturated heterocycles. The van der Waals surface area contributed by atoms with Gasteiger partial charge in [0.2, 0.25) is 0 Å². The van der Waals surface area contributed by atoms with Crippen LogP contribution in [0.5, 0.6) is 5.75 Å². The molecule has 0 aliphatic carbocycles. The third kappa shape index (κ3) is 5.43.